The number of amides is 1. The highest BCUT2D eigenvalue weighted by Gasteiger charge is 2.16. The van der Waals surface area contributed by atoms with E-state index in [1.54, 1.807) is 30.1 Å². The summed E-state index contributed by atoms with van der Waals surface area (Å²) in [6.07, 6.45) is 0.0385. The summed E-state index contributed by atoms with van der Waals surface area (Å²) in [6, 6.07) is 5.30. The highest BCUT2D eigenvalue weighted by molar-refractivity contribution is 6.30. The molecule has 0 aliphatic carbocycles. The van der Waals surface area contributed by atoms with Gasteiger partial charge in [0.1, 0.15) is 0 Å². The lowest BCUT2D eigenvalue weighted by molar-refractivity contribution is 0.0436. The Labute approximate surface area is 114 Å². The number of nitrogens with zero attached hydrogens (tertiary/aromatic N) is 1. The van der Waals surface area contributed by atoms with E-state index < -0.39 is 0 Å². The van der Waals surface area contributed by atoms with E-state index in [0.717, 1.165) is 5.56 Å². The molecule has 4 heteroatoms. The molecule has 0 aliphatic heterocycles. The average molecular weight is 270 g/mol. The number of ether oxygens (including phenoxy) is 1. The van der Waals surface area contributed by atoms with Gasteiger partial charge in [-0.1, -0.05) is 11.6 Å². The fourth-order valence-corrected chi connectivity index (χ4v) is 2.11. The Morgan fingerprint density at radius 2 is 2.17 bits per heavy atom. The van der Waals surface area contributed by atoms with Crippen LogP contribution in [0.1, 0.15) is 29.8 Å². The molecule has 1 aromatic rings. The van der Waals surface area contributed by atoms with Crippen LogP contribution < -0.4 is 0 Å². The maximum absolute atomic E-state index is 12.2. The van der Waals surface area contributed by atoms with E-state index in [1.165, 1.54) is 0 Å². The highest BCUT2D eigenvalue weighted by atomic mass is 35.5. The first-order valence-electron chi connectivity index (χ1n) is 6.09. The van der Waals surface area contributed by atoms with Gasteiger partial charge in [-0.05, 0) is 44.5 Å². The summed E-state index contributed by atoms with van der Waals surface area (Å²) >= 11 is 5.88. The number of carbonyl (C=O) groups is 1. The number of rotatable bonds is 5. The second-order valence-electron chi connectivity index (χ2n) is 4.41. The zero-order chi connectivity index (χ0) is 13.7. The normalized spacial score (nSPS) is 12.3. The van der Waals surface area contributed by atoms with E-state index in [-0.39, 0.29) is 12.0 Å². The number of aryl methyl sites for hydroxylation is 1. The fraction of sp³-hybridized carbons (Fsp3) is 0.500. The first-order valence-corrected chi connectivity index (χ1v) is 6.46. The Hall–Kier alpha value is -1.06. The minimum Gasteiger partial charge on any atom is -0.377 e. The van der Waals surface area contributed by atoms with Gasteiger partial charge in [0, 0.05) is 30.8 Å². The van der Waals surface area contributed by atoms with Crippen molar-refractivity contribution >= 4 is 17.5 Å². The Kier molecular flexibility index (Phi) is 5.63. The molecule has 3 nitrogen and oxygen atoms in total. The molecule has 0 bridgehead atoms. The third-order valence-electron chi connectivity index (χ3n) is 2.75. The Morgan fingerprint density at radius 3 is 2.72 bits per heavy atom. The van der Waals surface area contributed by atoms with Crippen molar-refractivity contribution in [3.05, 3.63) is 34.3 Å². The molecule has 0 saturated heterocycles. The van der Waals surface area contributed by atoms with E-state index in [1.807, 2.05) is 20.8 Å². The molecule has 100 valence electrons. The first kappa shape index (κ1) is 15.0. The number of carbonyl (C=O) groups excluding carboxylic acids is 1. The van der Waals surface area contributed by atoms with Crippen LogP contribution in [0.3, 0.4) is 0 Å². The van der Waals surface area contributed by atoms with Crippen molar-refractivity contribution in [1.82, 2.24) is 4.90 Å². The van der Waals surface area contributed by atoms with E-state index in [9.17, 15) is 4.79 Å². The molecule has 0 aliphatic rings. The lowest BCUT2D eigenvalue weighted by Crippen LogP contribution is -2.34. The maximum Gasteiger partial charge on any atom is 0.253 e. The molecular weight excluding hydrogens is 250 g/mol. The number of likely N-dealkylation sites (N-methyl/N-ethyl adjacent to an activating group) is 1. The van der Waals surface area contributed by atoms with Crippen LogP contribution in [0.25, 0.3) is 0 Å². The molecule has 0 N–H and O–H groups in total. The van der Waals surface area contributed by atoms with Gasteiger partial charge in [-0.3, -0.25) is 4.79 Å². The summed E-state index contributed by atoms with van der Waals surface area (Å²) in [5.74, 6) is -0.00396. The van der Waals surface area contributed by atoms with Crippen LogP contribution in [0.5, 0.6) is 0 Å². The van der Waals surface area contributed by atoms with Crippen molar-refractivity contribution in [3.8, 4) is 0 Å². The minimum atomic E-state index is -0.00396. The van der Waals surface area contributed by atoms with Gasteiger partial charge in [-0.2, -0.15) is 0 Å². The summed E-state index contributed by atoms with van der Waals surface area (Å²) in [5, 5.41) is 0.648. The molecule has 0 saturated carbocycles. The average Bonchev–Trinajstić information content (AvgIpc) is 2.28. The molecule has 1 aromatic carbocycles. The lowest BCUT2D eigenvalue weighted by Gasteiger charge is -2.22. The molecular formula is C14H20ClNO2. The molecule has 0 aromatic heterocycles. The molecule has 0 heterocycles. The summed E-state index contributed by atoms with van der Waals surface area (Å²) in [7, 11) is 1.78. The van der Waals surface area contributed by atoms with Crippen molar-refractivity contribution in [1.29, 1.82) is 0 Å². The third kappa shape index (κ3) is 4.00. The van der Waals surface area contributed by atoms with Crippen LogP contribution in [0.2, 0.25) is 5.02 Å². The van der Waals surface area contributed by atoms with Gasteiger partial charge in [0.2, 0.25) is 0 Å². The zero-order valence-corrected chi connectivity index (χ0v) is 12.1. The third-order valence-corrected chi connectivity index (χ3v) is 2.98. The van der Waals surface area contributed by atoms with E-state index >= 15 is 0 Å². The van der Waals surface area contributed by atoms with Crippen LogP contribution in [0.15, 0.2) is 18.2 Å². The van der Waals surface area contributed by atoms with Crippen LogP contribution in [-0.4, -0.2) is 37.1 Å². The van der Waals surface area contributed by atoms with Crippen LogP contribution >= 0.6 is 11.6 Å². The van der Waals surface area contributed by atoms with Gasteiger partial charge in [0.05, 0.1) is 6.10 Å². The minimum absolute atomic E-state index is 0.00396. The summed E-state index contributed by atoms with van der Waals surface area (Å²) in [4.78, 5) is 13.9. The number of hydrogen-bond donors (Lipinski definition) is 0. The zero-order valence-electron chi connectivity index (χ0n) is 11.4. The summed E-state index contributed by atoms with van der Waals surface area (Å²) < 4.78 is 5.43. The summed E-state index contributed by atoms with van der Waals surface area (Å²) in [5.41, 5.74) is 1.58. The fourth-order valence-electron chi connectivity index (χ4n) is 1.88. The topological polar surface area (TPSA) is 29.5 Å². The predicted octanol–water partition coefficient (Wildman–Crippen LogP) is 3.15. The largest absolute Gasteiger partial charge is 0.377 e. The molecule has 18 heavy (non-hydrogen) atoms. The molecule has 0 fully saturated rings. The maximum atomic E-state index is 12.2. The Balaban J connectivity index is 2.74. The van der Waals surface area contributed by atoms with Gasteiger partial charge in [0.15, 0.2) is 0 Å². The second kappa shape index (κ2) is 6.76. The monoisotopic (exact) mass is 269 g/mol. The van der Waals surface area contributed by atoms with Gasteiger partial charge < -0.3 is 9.64 Å². The van der Waals surface area contributed by atoms with Gasteiger partial charge in [-0.15, -0.1) is 0 Å². The quantitative estimate of drug-likeness (QED) is 0.822. The number of benzene rings is 1. The molecule has 1 amide bonds. The number of halogens is 1. The number of hydrogen-bond acceptors (Lipinski definition) is 2. The second-order valence-corrected chi connectivity index (χ2v) is 4.85. The highest BCUT2D eigenvalue weighted by Crippen LogP contribution is 2.16. The summed E-state index contributed by atoms with van der Waals surface area (Å²) in [6.45, 7) is 7.03. The van der Waals surface area contributed by atoms with Crippen LogP contribution in [-0.2, 0) is 4.74 Å². The van der Waals surface area contributed by atoms with Gasteiger partial charge >= 0.3 is 0 Å². The standard InChI is InChI=1S/C14H20ClNO2/c1-5-18-11(3)9-16(4)14(17)13-7-6-12(15)8-10(13)2/h6-8,11H,5,9H2,1-4H3. The van der Waals surface area contributed by atoms with Crippen molar-refractivity contribution in [2.45, 2.75) is 26.9 Å². The molecule has 1 unspecified atom stereocenters. The Morgan fingerprint density at radius 1 is 1.50 bits per heavy atom. The molecule has 1 atom stereocenters. The van der Waals surface area contributed by atoms with Crippen LogP contribution in [0.4, 0.5) is 0 Å². The van der Waals surface area contributed by atoms with Crippen molar-refractivity contribution in [2.75, 3.05) is 20.2 Å². The van der Waals surface area contributed by atoms with Crippen molar-refractivity contribution in [2.24, 2.45) is 0 Å². The van der Waals surface area contributed by atoms with Crippen molar-refractivity contribution < 1.29 is 9.53 Å². The SMILES string of the molecule is CCOC(C)CN(C)C(=O)c1ccc(Cl)cc1C. The lowest BCUT2D eigenvalue weighted by atomic mass is 10.1. The smallest absolute Gasteiger partial charge is 0.253 e. The Bertz CT molecular complexity index is 420. The van der Waals surface area contributed by atoms with Gasteiger partial charge in [0.25, 0.3) is 5.91 Å². The molecule has 0 spiro atoms. The van der Waals surface area contributed by atoms with E-state index in [2.05, 4.69) is 0 Å². The first-order chi connectivity index (χ1) is 8.45. The van der Waals surface area contributed by atoms with Crippen LogP contribution in [0, 0.1) is 6.92 Å². The van der Waals surface area contributed by atoms with Gasteiger partial charge in [-0.25, -0.2) is 0 Å². The van der Waals surface area contributed by atoms with Crippen molar-refractivity contribution in [3.63, 3.8) is 0 Å². The van der Waals surface area contributed by atoms with E-state index in [4.69, 9.17) is 16.3 Å². The van der Waals surface area contributed by atoms with E-state index in [0.29, 0.717) is 23.7 Å². The molecule has 0 radical (unpaired) electrons. The molecule has 1 rings (SSSR count). The predicted molar refractivity (Wildman–Crippen MR) is 74.2 cm³/mol.